The van der Waals surface area contributed by atoms with Gasteiger partial charge in [0.2, 0.25) is 0 Å². The van der Waals surface area contributed by atoms with Crippen LogP contribution in [0.4, 0.5) is 18.3 Å². The molecule has 0 bridgehead atoms. The first-order valence-corrected chi connectivity index (χ1v) is 5.50. The molecule has 0 amide bonds. The van der Waals surface area contributed by atoms with E-state index < -0.39 is 12.7 Å². The Morgan fingerprint density at radius 2 is 2.13 bits per heavy atom. The molecule has 0 saturated heterocycles. The molecule has 0 unspecified atom stereocenters. The molecule has 2 nitrogen and oxygen atoms in total. The summed E-state index contributed by atoms with van der Waals surface area (Å²) in [6.07, 6.45) is -4.23. The van der Waals surface area contributed by atoms with E-state index in [9.17, 15) is 13.2 Å². The Balaban J connectivity index is 2.84. The number of anilines is 1. The van der Waals surface area contributed by atoms with Crippen molar-refractivity contribution in [3.63, 3.8) is 0 Å². The first-order valence-electron chi connectivity index (χ1n) is 4.24. The molecule has 0 fully saturated rings. The van der Waals surface area contributed by atoms with E-state index in [4.69, 9.17) is 11.6 Å². The predicted molar refractivity (Wildman–Crippen MR) is 55.7 cm³/mol. The van der Waals surface area contributed by atoms with Gasteiger partial charge in [-0.15, -0.1) is 11.3 Å². The third kappa shape index (κ3) is 3.87. The van der Waals surface area contributed by atoms with Crippen molar-refractivity contribution in [1.29, 1.82) is 0 Å². The molecule has 0 atom stereocenters. The van der Waals surface area contributed by atoms with E-state index >= 15 is 0 Å². The van der Waals surface area contributed by atoms with Crippen molar-refractivity contribution in [2.45, 2.75) is 26.1 Å². The summed E-state index contributed by atoms with van der Waals surface area (Å²) in [7, 11) is 0. The number of rotatable bonds is 3. The van der Waals surface area contributed by atoms with E-state index in [1.807, 2.05) is 0 Å². The molecule has 86 valence electrons. The molecule has 0 aliphatic rings. The highest BCUT2D eigenvalue weighted by Crippen LogP contribution is 2.28. The highest BCUT2D eigenvalue weighted by Gasteiger charge is 2.33. The Bertz CT molecular complexity index is 324. The Hall–Kier alpha value is -0.490. The zero-order chi connectivity index (χ0) is 11.6. The fourth-order valence-electron chi connectivity index (χ4n) is 1.04. The average molecular weight is 259 g/mol. The maximum atomic E-state index is 12.3. The van der Waals surface area contributed by atoms with Crippen molar-refractivity contribution < 1.29 is 13.2 Å². The van der Waals surface area contributed by atoms with Crippen LogP contribution in [-0.2, 0) is 0 Å². The zero-order valence-corrected chi connectivity index (χ0v) is 9.75. The van der Waals surface area contributed by atoms with Gasteiger partial charge in [0.25, 0.3) is 0 Å². The standard InChI is InChI=1S/C8H10ClF3N2S/c1-5(2)14(4-8(10,11)12)7-13-6(9)3-15-7/h3,5H,4H2,1-2H3. The monoisotopic (exact) mass is 258 g/mol. The van der Waals surface area contributed by atoms with E-state index in [0.717, 1.165) is 11.3 Å². The van der Waals surface area contributed by atoms with Crippen LogP contribution in [0.25, 0.3) is 0 Å². The molecule has 0 N–H and O–H groups in total. The van der Waals surface area contributed by atoms with Crippen LogP contribution in [0.1, 0.15) is 13.8 Å². The third-order valence-corrected chi connectivity index (χ3v) is 2.88. The SMILES string of the molecule is CC(C)N(CC(F)(F)F)c1nc(Cl)cs1. The summed E-state index contributed by atoms with van der Waals surface area (Å²) in [5.41, 5.74) is 0. The Labute approximate surface area is 94.7 Å². The summed E-state index contributed by atoms with van der Waals surface area (Å²) in [4.78, 5) is 5.00. The quantitative estimate of drug-likeness (QED) is 0.824. The Morgan fingerprint density at radius 3 is 2.47 bits per heavy atom. The van der Waals surface area contributed by atoms with E-state index in [2.05, 4.69) is 4.98 Å². The normalized spacial score (nSPS) is 12.2. The summed E-state index contributed by atoms with van der Waals surface area (Å²) in [5, 5.41) is 2.04. The highest BCUT2D eigenvalue weighted by atomic mass is 35.5. The van der Waals surface area contributed by atoms with E-state index in [1.54, 1.807) is 13.8 Å². The van der Waals surface area contributed by atoms with Gasteiger partial charge in [0.15, 0.2) is 5.13 Å². The predicted octanol–water partition coefficient (Wildman–Crippen LogP) is 3.57. The van der Waals surface area contributed by atoms with Gasteiger partial charge in [-0.2, -0.15) is 13.2 Å². The van der Waals surface area contributed by atoms with Crippen LogP contribution >= 0.6 is 22.9 Å². The molecule has 15 heavy (non-hydrogen) atoms. The molecule has 0 aliphatic heterocycles. The third-order valence-electron chi connectivity index (χ3n) is 1.68. The molecule has 7 heteroatoms. The summed E-state index contributed by atoms with van der Waals surface area (Å²) in [5.74, 6) is 0. The molecule has 1 aromatic rings. The molecular formula is C8H10ClF3N2S. The highest BCUT2D eigenvalue weighted by molar-refractivity contribution is 7.14. The maximum absolute atomic E-state index is 12.3. The van der Waals surface area contributed by atoms with Crippen LogP contribution in [0.5, 0.6) is 0 Å². The van der Waals surface area contributed by atoms with Crippen molar-refractivity contribution >= 4 is 28.1 Å². The van der Waals surface area contributed by atoms with Gasteiger partial charge in [-0.05, 0) is 13.8 Å². The lowest BCUT2D eigenvalue weighted by Crippen LogP contribution is -2.39. The van der Waals surface area contributed by atoms with Crippen LogP contribution in [0.3, 0.4) is 0 Å². The van der Waals surface area contributed by atoms with E-state index in [-0.39, 0.29) is 11.2 Å². The molecule has 0 spiro atoms. The minimum Gasteiger partial charge on any atom is -0.337 e. The fraction of sp³-hybridized carbons (Fsp3) is 0.625. The molecule has 0 aliphatic carbocycles. The zero-order valence-electron chi connectivity index (χ0n) is 8.18. The molecular weight excluding hydrogens is 249 g/mol. The fourth-order valence-corrected chi connectivity index (χ4v) is 2.12. The van der Waals surface area contributed by atoms with Crippen molar-refractivity contribution in [2.24, 2.45) is 0 Å². The largest absolute Gasteiger partial charge is 0.406 e. The van der Waals surface area contributed by atoms with Gasteiger partial charge in [-0.3, -0.25) is 0 Å². The Kier molecular flexibility index (Phi) is 3.83. The van der Waals surface area contributed by atoms with Crippen LogP contribution < -0.4 is 4.90 Å². The molecule has 1 rings (SSSR count). The van der Waals surface area contributed by atoms with Crippen LogP contribution in [-0.4, -0.2) is 23.7 Å². The Morgan fingerprint density at radius 1 is 1.53 bits per heavy atom. The lowest BCUT2D eigenvalue weighted by atomic mass is 10.3. The van der Waals surface area contributed by atoms with Crippen molar-refractivity contribution in [1.82, 2.24) is 4.98 Å². The maximum Gasteiger partial charge on any atom is 0.406 e. The lowest BCUT2D eigenvalue weighted by Gasteiger charge is -2.26. The van der Waals surface area contributed by atoms with E-state index in [0.29, 0.717) is 5.13 Å². The second kappa shape index (κ2) is 4.57. The minimum absolute atomic E-state index is 0.225. The lowest BCUT2D eigenvalue weighted by molar-refractivity contribution is -0.120. The smallest absolute Gasteiger partial charge is 0.337 e. The minimum atomic E-state index is -4.23. The van der Waals surface area contributed by atoms with Gasteiger partial charge in [-0.25, -0.2) is 4.98 Å². The van der Waals surface area contributed by atoms with E-state index in [1.165, 1.54) is 10.3 Å². The number of hydrogen-bond acceptors (Lipinski definition) is 3. The van der Waals surface area contributed by atoms with Crippen molar-refractivity contribution in [3.8, 4) is 0 Å². The van der Waals surface area contributed by atoms with Gasteiger partial charge in [0, 0.05) is 11.4 Å². The van der Waals surface area contributed by atoms with Gasteiger partial charge >= 0.3 is 6.18 Å². The summed E-state index contributed by atoms with van der Waals surface area (Å²) in [6.45, 7) is 2.36. The first-order chi connectivity index (χ1) is 6.79. The average Bonchev–Trinajstić information content (AvgIpc) is 2.45. The van der Waals surface area contributed by atoms with Gasteiger partial charge in [-0.1, -0.05) is 11.6 Å². The molecule has 1 aromatic heterocycles. The second-order valence-corrected chi connectivity index (χ2v) is 4.51. The molecule has 1 heterocycles. The van der Waals surface area contributed by atoms with Gasteiger partial charge in [0.05, 0.1) is 0 Å². The number of hydrogen-bond donors (Lipinski definition) is 0. The number of alkyl halides is 3. The van der Waals surface area contributed by atoms with Crippen LogP contribution in [0, 0.1) is 0 Å². The second-order valence-electron chi connectivity index (χ2n) is 3.29. The first kappa shape index (κ1) is 12.6. The number of aromatic nitrogens is 1. The molecule has 0 radical (unpaired) electrons. The summed E-state index contributed by atoms with van der Waals surface area (Å²) >= 11 is 6.68. The van der Waals surface area contributed by atoms with Crippen molar-refractivity contribution in [3.05, 3.63) is 10.5 Å². The number of nitrogens with zero attached hydrogens (tertiary/aromatic N) is 2. The van der Waals surface area contributed by atoms with Gasteiger partial charge < -0.3 is 4.90 Å². The summed E-state index contributed by atoms with van der Waals surface area (Å²) < 4.78 is 36.8. The number of thiazole rings is 1. The number of halogens is 4. The van der Waals surface area contributed by atoms with Crippen LogP contribution in [0.15, 0.2) is 5.38 Å². The summed E-state index contributed by atoms with van der Waals surface area (Å²) in [6, 6.07) is -0.270. The van der Waals surface area contributed by atoms with Crippen LogP contribution in [0.2, 0.25) is 5.15 Å². The van der Waals surface area contributed by atoms with Crippen molar-refractivity contribution in [2.75, 3.05) is 11.4 Å². The molecule has 0 aromatic carbocycles. The molecule has 0 saturated carbocycles. The van der Waals surface area contributed by atoms with Gasteiger partial charge in [0.1, 0.15) is 11.7 Å². The topological polar surface area (TPSA) is 16.1 Å².